The highest BCUT2D eigenvalue weighted by molar-refractivity contribution is 7.90. The maximum atomic E-state index is 11.6. The van der Waals surface area contributed by atoms with Crippen LogP contribution in [0.15, 0.2) is 28.1 Å². The van der Waals surface area contributed by atoms with Gasteiger partial charge in [-0.1, -0.05) is 12.1 Å². The van der Waals surface area contributed by atoms with Crippen LogP contribution in [-0.2, 0) is 21.1 Å². The van der Waals surface area contributed by atoms with E-state index >= 15 is 0 Å². The van der Waals surface area contributed by atoms with E-state index in [2.05, 4.69) is 15.6 Å². The molecule has 1 rings (SSSR count). The van der Waals surface area contributed by atoms with E-state index in [-0.39, 0.29) is 0 Å². The van der Waals surface area contributed by atoms with Gasteiger partial charge in [0.25, 0.3) is 0 Å². The first-order chi connectivity index (χ1) is 10.9. The second-order valence-corrected chi connectivity index (χ2v) is 7.26. The number of nitrogens with zero attached hydrogens (tertiary/aromatic N) is 1. The van der Waals surface area contributed by atoms with Crippen molar-refractivity contribution in [2.45, 2.75) is 31.7 Å². The summed E-state index contributed by atoms with van der Waals surface area (Å²) in [7, 11) is -1.46. The molecule has 0 spiro atoms. The van der Waals surface area contributed by atoms with E-state index in [9.17, 15) is 8.42 Å². The molecule has 0 saturated carbocycles. The Bertz CT molecular complexity index is 627. The van der Waals surface area contributed by atoms with E-state index < -0.39 is 9.84 Å². The molecule has 2 N–H and O–H groups in total. The molecular weight excluding hydrogens is 314 g/mol. The molecule has 6 nitrogen and oxygen atoms in total. The summed E-state index contributed by atoms with van der Waals surface area (Å²) in [5.41, 5.74) is 1.76. The van der Waals surface area contributed by atoms with Crippen molar-refractivity contribution in [3.63, 3.8) is 0 Å². The van der Waals surface area contributed by atoms with Crippen LogP contribution in [0.4, 0.5) is 0 Å². The molecule has 23 heavy (non-hydrogen) atoms. The highest BCUT2D eigenvalue weighted by Crippen LogP contribution is 2.16. The Labute approximate surface area is 139 Å². The molecule has 0 bridgehead atoms. The zero-order chi connectivity index (χ0) is 17.3. The Morgan fingerprint density at radius 1 is 1.30 bits per heavy atom. The lowest BCUT2D eigenvalue weighted by Gasteiger charge is -2.13. The predicted molar refractivity (Wildman–Crippen MR) is 93.6 cm³/mol. The normalized spacial score (nSPS) is 12.3. The maximum Gasteiger partial charge on any atom is 0.191 e. The molecule has 1 aromatic rings. The van der Waals surface area contributed by atoms with Gasteiger partial charge in [-0.3, -0.25) is 4.99 Å². The van der Waals surface area contributed by atoms with Crippen molar-refractivity contribution < 1.29 is 13.2 Å². The number of aryl methyl sites for hydroxylation is 1. The van der Waals surface area contributed by atoms with E-state index in [1.165, 1.54) is 6.26 Å². The lowest BCUT2D eigenvalue weighted by Crippen LogP contribution is -2.37. The second-order valence-electron chi connectivity index (χ2n) is 5.28. The van der Waals surface area contributed by atoms with E-state index in [0.717, 1.165) is 37.3 Å². The molecule has 0 fully saturated rings. The third kappa shape index (κ3) is 7.00. The number of guanidine groups is 1. The van der Waals surface area contributed by atoms with Gasteiger partial charge in [-0.2, -0.15) is 0 Å². The minimum Gasteiger partial charge on any atom is -0.382 e. The number of hydrogen-bond donors (Lipinski definition) is 2. The van der Waals surface area contributed by atoms with Crippen LogP contribution < -0.4 is 10.6 Å². The van der Waals surface area contributed by atoms with Crippen LogP contribution in [0.25, 0.3) is 0 Å². The standard InChI is InChI=1S/C16H27N3O3S/c1-5-22-10-6-9-18-16(17-3)19-12-14-7-8-15(13(2)11-14)23(4,20)21/h7-8,11H,5-6,9-10,12H2,1-4H3,(H2,17,18,19). The van der Waals surface area contributed by atoms with Crippen molar-refractivity contribution in [1.82, 2.24) is 10.6 Å². The van der Waals surface area contributed by atoms with E-state index in [0.29, 0.717) is 17.4 Å². The molecule has 0 aliphatic carbocycles. The average molecular weight is 341 g/mol. The first-order valence-corrected chi connectivity index (χ1v) is 9.59. The monoisotopic (exact) mass is 341 g/mol. The Hall–Kier alpha value is -1.60. The largest absolute Gasteiger partial charge is 0.382 e. The number of ether oxygens (including phenoxy) is 1. The van der Waals surface area contributed by atoms with Crippen molar-refractivity contribution in [2.24, 2.45) is 4.99 Å². The number of hydrogen-bond acceptors (Lipinski definition) is 4. The molecule has 0 radical (unpaired) electrons. The van der Waals surface area contributed by atoms with Gasteiger partial charge in [-0.25, -0.2) is 8.42 Å². The van der Waals surface area contributed by atoms with Crippen LogP contribution in [0.2, 0.25) is 0 Å². The fourth-order valence-corrected chi connectivity index (χ4v) is 3.13. The minimum absolute atomic E-state index is 0.375. The minimum atomic E-state index is -3.17. The molecule has 0 unspecified atom stereocenters. The van der Waals surface area contributed by atoms with Gasteiger partial charge in [-0.15, -0.1) is 0 Å². The van der Waals surface area contributed by atoms with Gasteiger partial charge < -0.3 is 15.4 Å². The summed E-state index contributed by atoms with van der Waals surface area (Å²) in [6.07, 6.45) is 2.14. The van der Waals surface area contributed by atoms with Crippen molar-refractivity contribution >= 4 is 15.8 Å². The number of benzene rings is 1. The summed E-state index contributed by atoms with van der Waals surface area (Å²) in [4.78, 5) is 4.53. The Morgan fingerprint density at radius 3 is 2.61 bits per heavy atom. The highest BCUT2D eigenvalue weighted by Gasteiger charge is 2.10. The molecule has 0 aromatic heterocycles. The van der Waals surface area contributed by atoms with E-state index in [1.807, 2.05) is 19.1 Å². The van der Waals surface area contributed by atoms with E-state index in [1.54, 1.807) is 20.0 Å². The van der Waals surface area contributed by atoms with Gasteiger partial charge in [0, 0.05) is 39.6 Å². The van der Waals surface area contributed by atoms with Crippen LogP contribution in [-0.4, -0.2) is 47.4 Å². The average Bonchev–Trinajstić information content (AvgIpc) is 2.49. The molecule has 0 saturated heterocycles. The summed E-state index contributed by atoms with van der Waals surface area (Å²) in [6.45, 7) is 6.61. The van der Waals surface area contributed by atoms with Crippen LogP contribution >= 0.6 is 0 Å². The summed E-state index contributed by atoms with van der Waals surface area (Å²) in [5.74, 6) is 0.714. The van der Waals surface area contributed by atoms with E-state index in [4.69, 9.17) is 4.74 Å². The second kappa shape index (κ2) is 9.52. The van der Waals surface area contributed by atoms with Gasteiger partial charge in [0.05, 0.1) is 4.90 Å². The molecule has 1 aromatic carbocycles. The smallest absolute Gasteiger partial charge is 0.191 e. The molecular formula is C16H27N3O3S. The lowest BCUT2D eigenvalue weighted by molar-refractivity contribution is 0.145. The molecule has 0 atom stereocenters. The molecule has 0 heterocycles. The number of aliphatic imine (C=N–C) groups is 1. The Morgan fingerprint density at radius 2 is 2.04 bits per heavy atom. The first-order valence-electron chi connectivity index (χ1n) is 7.70. The van der Waals surface area contributed by atoms with Crippen molar-refractivity contribution in [3.8, 4) is 0 Å². The number of nitrogens with one attached hydrogen (secondary N) is 2. The quantitative estimate of drug-likeness (QED) is 0.425. The predicted octanol–water partition coefficient (Wildman–Crippen LogP) is 1.49. The molecule has 130 valence electrons. The van der Waals surface area contributed by atoms with Gasteiger partial charge >= 0.3 is 0 Å². The van der Waals surface area contributed by atoms with Gasteiger partial charge in [0.1, 0.15) is 0 Å². The summed E-state index contributed by atoms with van der Waals surface area (Å²) >= 11 is 0. The summed E-state index contributed by atoms with van der Waals surface area (Å²) < 4.78 is 28.5. The zero-order valence-electron chi connectivity index (χ0n) is 14.3. The molecule has 0 amide bonds. The lowest BCUT2D eigenvalue weighted by atomic mass is 10.1. The third-order valence-corrected chi connectivity index (χ3v) is 4.54. The van der Waals surface area contributed by atoms with Crippen molar-refractivity contribution in [3.05, 3.63) is 29.3 Å². The van der Waals surface area contributed by atoms with Crippen LogP contribution in [0.1, 0.15) is 24.5 Å². The van der Waals surface area contributed by atoms with Crippen LogP contribution in [0.5, 0.6) is 0 Å². The highest BCUT2D eigenvalue weighted by atomic mass is 32.2. The zero-order valence-corrected chi connectivity index (χ0v) is 15.2. The molecule has 7 heteroatoms. The maximum absolute atomic E-state index is 11.6. The van der Waals surface area contributed by atoms with Crippen LogP contribution in [0.3, 0.4) is 0 Å². The third-order valence-electron chi connectivity index (χ3n) is 3.28. The summed E-state index contributed by atoms with van der Waals surface area (Å²) in [6, 6.07) is 5.35. The first kappa shape index (κ1) is 19.4. The van der Waals surface area contributed by atoms with Gasteiger partial charge in [-0.05, 0) is 37.5 Å². The number of sulfone groups is 1. The Kier molecular flexibility index (Phi) is 8.05. The summed E-state index contributed by atoms with van der Waals surface area (Å²) in [5, 5.41) is 6.42. The fraction of sp³-hybridized carbons (Fsp3) is 0.562. The van der Waals surface area contributed by atoms with Crippen LogP contribution in [0, 0.1) is 6.92 Å². The van der Waals surface area contributed by atoms with Crippen molar-refractivity contribution in [1.29, 1.82) is 0 Å². The number of rotatable bonds is 8. The fourth-order valence-electron chi connectivity index (χ4n) is 2.17. The molecule has 0 aliphatic rings. The topological polar surface area (TPSA) is 79.8 Å². The Balaban J connectivity index is 2.51. The van der Waals surface area contributed by atoms with Crippen molar-refractivity contribution in [2.75, 3.05) is 33.1 Å². The van der Waals surface area contributed by atoms with Gasteiger partial charge in [0.2, 0.25) is 0 Å². The SMILES string of the molecule is CCOCCCNC(=NC)NCc1ccc(S(C)(=O)=O)c(C)c1. The van der Waals surface area contributed by atoms with Gasteiger partial charge in [0.15, 0.2) is 15.8 Å². The molecule has 0 aliphatic heterocycles.